The fourth-order valence-corrected chi connectivity index (χ4v) is 2.15. The molecule has 3 rings (SSSR count). The van der Waals surface area contributed by atoms with Gasteiger partial charge in [-0.1, -0.05) is 41.3 Å². The molecule has 0 saturated carbocycles. The van der Waals surface area contributed by atoms with Crippen LogP contribution in [0, 0.1) is 13.5 Å². The number of allylic oxidation sites excluding steroid dienone is 4. The maximum absolute atomic E-state index is 7.57. The Kier molecular flexibility index (Phi) is 16.4. The van der Waals surface area contributed by atoms with Gasteiger partial charge in [0.15, 0.2) is 0 Å². The van der Waals surface area contributed by atoms with Crippen LogP contribution in [0.3, 0.4) is 0 Å². The predicted octanol–water partition coefficient (Wildman–Crippen LogP) is 5.66. The van der Waals surface area contributed by atoms with Crippen molar-refractivity contribution in [1.82, 2.24) is 0 Å². The van der Waals surface area contributed by atoms with Crippen molar-refractivity contribution in [3.8, 4) is 0 Å². The molecular weight excluding hydrogens is 363 g/mol. The third-order valence-corrected chi connectivity index (χ3v) is 3.05. The third-order valence-electron chi connectivity index (χ3n) is 3.05. The molecule has 2 aromatic carbocycles. The quantitative estimate of drug-likeness (QED) is 0.494. The first-order valence-corrected chi connectivity index (χ1v) is 6.64. The number of aliphatic hydroxyl groups is 1. The van der Waals surface area contributed by atoms with Gasteiger partial charge in [0.25, 0.3) is 0 Å². The second-order valence-electron chi connectivity index (χ2n) is 4.60. The molecule has 124 valence electrons. The topological polar surface area (TPSA) is 20.2 Å². The van der Waals surface area contributed by atoms with Gasteiger partial charge >= 0.3 is 21.7 Å². The van der Waals surface area contributed by atoms with Crippen molar-refractivity contribution in [3.63, 3.8) is 0 Å². The number of benzene rings is 2. The maximum atomic E-state index is 7.57. The summed E-state index contributed by atoms with van der Waals surface area (Å²) in [5.74, 6) is 0. The van der Waals surface area contributed by atoms with E-state index in [0.717, 1.165) is 6.42 Å². The fraction of sp³-hybridized carbons (Fsp3) is 0.211. The van der Waals surface area contributed by atoms with E-state index in [4.69, 9.17) is 5.11 Å². The van der Waals surface area contributed by atoms with Gasteiger partial charge in [0, 0.05) is 6.61 Å². The summed E-state index contributed by atoms with van der Waals surface area (Å²) in [4.78, 5) is 0. The van der Waals surface area contributed by atoms with Crippen LogP contribution in [-0.2, 0) is 21.7 Å². The van der Waals surface area contributed by atoms with Crippen molar-refractivity contribution in [3.05, 3.63) is 73.2 Å². The Balaban J connectivity index is -0.000000534. The van der Waals surface area contributed by atoms with E-state index >= 15 is 0 Å². The summed E-state index contributed by atoms with van der Waals surface area (Å²) < 4.78 is 0. The van der Waals surface area contributed by atoms with Crippen LogP contribution in [0.2, 0.25) is 0 Å². The van der Waals surface area contributed by atoms with E-state index in [1.807, 2.05) is 0 Å². The summed E-state index contributed by atoms with van der Waals surface area (Å²) in [5.41, 5.74) is 3.96. The van der Waals surface area contributed by atoms with Crippen molar-refractivity contribution >= 4 is 41.2 Å². The number of rotatable bonds is 1. The molecule has 0 atom stereocenters. The summed E-state index contributed by atoms with van der Waals surface area (Å²) in [6.45, 7) is 4.08. The minimum Gasteiger partial charge on any atom is -0.397 e. The molecule has 4 heteroatoms. The van der Waals surface area contributed by atoms with E-state index in [2.05, 4.69) is 61.5 Å². The second kappa shape index (κ2) is 13.8. The molecule has 1 N–H and O–H groups in total. The van der Waals surface area contributed by atoms with Gasteiger partial charge in [-0.3, -0.25) is 0 Å². The van der Waals surface area contributed by atoms with E-state index in [1.165, 1.54) is 27.5 Å². The summed E-state index contributed by atoms with van der Waals surface area (Å²) in [5, 5.41) is 10.0. The van der Waals surface area contributed by atoms with Crippen molar-refractivity contribution in [2.45, 2.75) is 20.3 Å². The Morgan fingerprint density at radius 3 is 2.26 bits per heavy atom. The van der Waals surface area contributed by atoms with Crippen molar-refractivity contribution in [2.75, 3.05) is 6.61 Å². The molecule has 0 aromatic heterocycles. The average Bonchev–Trinajstić information content (AvgIpc) is 2.86. The Hall–Kier alpha value is -0.566. The Morgan fingerprint density at radius 2 is 1.70 bits per heavy atom. The molecule has 1 aliphatic rings. The molecule has 0 aliphatic heterocycles. The molecule has 2 aromatic rings. The molecule has 0 spiro atoms. The zero-order valence-corrected chi connectivity index (χ0v) is 17.0. The minimum atomic E-state index is 0. The van der Waals surface area contributed by atoms with E-state index in [9.17, 15) is 0 Å². The molecule has 1 nitrogen and oxygen atoms in total. The van der Waals surface area contributed by atoms with Gasteiger partial charge in [0.05, 0.1) is 0 Å². The summed E-state index contributed by atoms with van der Waals surface area (Å²) >= 11 is 0. The predicted molar refractivity (Wildman–Crippen MR) is 103 cm³/mol. The molecule has 0 fully saturated rings. The van der Waals surface area contributed by atoms with Crippen molar-refractivity contribution < 1.29 is 26.8 Å². The zero-order chi connectivity index (χ0) is 13.7. The molecule has 0 saturated heterocycles. The van der Waals surface area contributed by atoms with Crippen LogP contribution in [0.1, 0.15) is 25.8 Å². The summed E-state index contributed by atoms with van der Waals surface area (Å²) in [7, 11) is 0. The van der Waals surface area contributed by atoms with Gasteiger partial charge in [-0.2, -0.15) is 0 Å². The van der Waals surface area contributed by atoms with Crippen molar-refractivity contribution in [1.29, 1.82) is 0 Å². The standard InChI is InChI=1S/C16H13.C2H6O.CH3.2ClH.Ti/c1-12-6-7-15(10-12)16-9-8-13-4-2-3-5-14(13)11-16;1-2-3;;;;/h2-6,8-10H,7H2,1H3;3H,2H2,1H3;1H3;2*1H;/q-1;;-1;;;+2. The van der Waals surface area contributed by atoms with Gasteiger partial charge in [0.1, 0.15) is 0 Å². The number of hydrogen-bond acceptors (Lipinski definition) is 1. The smallest absolute Gasteiger partial charge is 0.397 e. The number of fused-ring (bicyclic) bond motifs is 1. The number of halogens is 2. The Bertz CT molecular complexity index is 636. The van der Waals surface area contributed by atoms with Crippen LogP contribution < -0.4 is 0 Å². The van der Waals surface area contributed by atoms with E-state index < -0.39 is 0 Å². The number of hydrogen-bond donors (Lipinski definition) is 1. The van der Waals surface area contributed by atoms with E-state index in [1.54, 1.807) is 6.92 Å². The van der Waals surface area contributed by atoms with Crippen molar-refractivity contribution in [2.24, 2.45) is 0 Å². The van der Waals surface area contributed by atoms with Gasteiger partial charge in [0.2, 0.25) is 0 Å². The van der Waals surface area contributed by atoms with Gasteiger partial charge < -0.3 is 12.5 Å². The third kappa shape index (κ3) is 7.70. The monoisotopic (exact) mass is 386 g/mol. The zero-order valence-electron chi connectivity index (χ0n) is 13.8. The van der Waals surface area contributed by atoms with Crippen LogP contribution in [0.4, 0.5) is 0 Å². The summed E-state index contributed by atoms with van der Waals surface area (Å²) in [6, 6.07) is 16.2. The van der Waals surface area contributed by atoms with Gasteiger partial charge in [-0.05, 0) is 20.3 Å². The van der Waals surface area contributed by atoms with Crippen LogP contribution in [-0.4, -0.2) is 11.7 Å². The molecule has 0 unspecified atom stereocenters. The summed E-state index contributed by atoms with van der Waals surface area (Å²) in [6.07, 6.45) is 5.56. The van der Waals surface area contributed by atoms with Crippen LogP contribution >= 0.6 is 24.8 Å². The van der Waals surface area contributed by atoms with Crippen LogP contribution in [0.25, 0.3) is 16.3 Å². The normalized spacial score (nSPS) is 11.3. The molecule has 0 radical (unpaired) electrons. The Labute approximate surface area is 167 Å². The molecule has 1 aliphatic carbocycles. The molecular formula is C19H24Cl2OTi. The molecule has 0 heterocycles. The SMILES string of the molecule is CC1=CCC(c2[c-]c3ccccc3cc2)=C1.CCO.Cl.Cl.[CH3-].[Ti+2]. The molecule has 0 amide bonds. The average molecular weight is 387 g/mol. The molecule has 23 heavy (non-hydrogen) atoms. The second-order valence-corrected chi connectivity index (χ2v) is 4.60. The van der Waals surface area contributed by atoms with Crippen LogP contribution in [0.5, 0.6) is 0 Å². The van der Waals surface area contributed by atoms with E-state index in [-0.39, 0.29) is 60.6 Å². The Morgan fingerprint density at radius 1 is 1.09 bits per heavy atom. The van der Waals surface area contributed by atoms with Crippen LogP contribution in [0.15, 0.2) is 54.1 Å². The fourth-order valence-electron chi connectivity index (χ4n) is 2.15. The number of aliphatic hydroxyl groups excluding tert-OH is 1. The largest absolute Gasteiger partial charge is 2.00 e. The molecule has 0 bridgehead atoms. The van der Waals surface area contributed by atoms with Gasteiger partial charge in [-0.15, -0.1) is 65.6 Å². The first-order valence-electron chi connectivity index (χ1n) is 6.64. The van der Waals surface area contributed by atoms with E-state index in [0.29, 0.717) is 0 Å². The minimum absolute atomic E-state index is 0. The first-order chi connectivity index (χ1) is 9.24. The first kappa shape index (κ1) is 27.3. The maximum Gasteiger partial charge on any atom is 2.00 e. The van der Waals surface area contributed by atoms with Gasteiger partial charge in [-0.25, -0.2) is 0 Å².